The maximum atomic E-state index is 12.2. The zero-order valence-electron chi connectivity index (χ0n) is 11.5. The summed E-state index contributed by atoms with van der Waals surface area (Å²) in [5.74, 6) is 0.501. The van der Waals surface area contributed by atoms with Crippen LogP contribution in [0.2, 0.25) is 0 Å². The van der Waals surface area contributed by atoms with Crippen molar-refractivity contribution in [2.75, 3.05) is 0 Å². The number of nitrogens with one attached hydrogen (secondary N) is 1. The summed E-state index contributed by atoms with van der Waals surface area (Å²) < 4.78 is 1.83. The van der Waals surface area contributed by atoms with Crippen molar-refractivity contribution in [2.24, 2.45) is 5.92 Å². The highest BCUT2D eigenvalue weighted by atomic mass is 16.1. The van der Waals surface area contributed by atoms with Crippen LogP contribution in [-0.4, -0.2) is 10.6 Å². The maximum Gasteiger partial charge on any atom is 0.255 e. The molecule has 1 heterocycles. The third-order valence-electron chi connectivity index (χ3n) is 3.60. The lowest BCUT2D eigenvalue weighted by Crippen LogP contribution is -2.31. The number of aromatic nitrogens is 1. The number of hydrogen-bond donors (Lipinski definition) is 1. The summed E-state index contributed by atoms with van der Waals surface area (Å²) in [6.07, 6.45) is 7.05. The fourth-order valence-electron chi connectivity index (χ4n) is 2.64. The van der Waals surface area contributed by atoms with E-state index in [4.69, 9.17) is 0 Å². The molecule has 18 heavy (non-hydrogen) atoms. The van der Waals surface area contributed by atoms with Gasteiger partial charge in [0.1, 0.15) is 0 Å². The Morgan fingerprint density at radius 3 is 2.78 bits per heavy atom. The molecular formula is C15H24N2O. The molecule has 0 unspecified atom stereocenters. The lowest BCUT2D eigenvalue weighted by molar-refractivity contribution is 0.496. The minimum Gasteiger partial charge on any atom is -0.315 e. The Balaban J connectivity index is 2.01. The monoisotopic (exact) mass is 248 g/mol. The van der Waals surface area contributed by atoms with Crippen molar-refractivity contribution in [3.63, 3.8) is 0 Å². The van der Waals surface area contributed by atoms with E-state index in [0.29, 0.717) is 18.5 Å². The SMILES string of the molecule is CC(C)Cn1cccc(CNC2CCCC2)c1=O. The van der Waals surface area contributed by atoms with Crippen molar-refractivity contribution in [1.29, 1.82) is 0 Å². The van der Waals surface area contributed by atoms with E-state index < -0.39 is 0 Å². The van der Waals surface area contributed by atoms with Crippen molar-refractivity contribution in [3.8, 4) is 0 Å². The van der Waals surface area contributed by atoms with Gasteiger partial charge in [-0.05, 0) is 24.8 Å². The van der Waals surface area contributed by atoms with Gasteiger partial charge in [0.15, 0.2) is 0 Å². The van der Waals surface area contributed by atoms with Gasteiger partial charge in [-0.1, -0.05) is 32.8 Å². The fourth-order valence-corrected chi connectivity index (χ4v) is 2.64. The second-order valence-corrected chi connectivity index (χ2v) is 5.75. The minimum absolute atomic E-state index is 0.164. The first kappa shape index (κ1) is 13.3. The van der Waals surface area contributed by atoms with Crippen LogP contribution in [0.5, 0.6) is 0 Å². The molecule has 1 saturated carbocycles. The summed E-state index contributed by atoms with van der Waals surface area (Å²) in [5, 5.41) is 3.51. The van der Waals surface area contributed by atoms with E-state index in [0.717, 1.165) is 12.1 Å². The van der Waals surface area contributed by atoms with Gasteiger partial charge in [-0.2, -0.15) is 0 Å². The first-order chi connectivity index (χ1) is 8.66. The van der Waals surface area contributed by atoms with Crippen LogP contribution in [0.15, 0.2) is 23.1 Å². The van der Waals surface area contributed by atoms with Crippen molar-refractivity contribution in [1.82, 2.24) is 9.88 Å². The van der Waals surface area contributed by atoms with Gasteiger partial charge in [0.2, 0.25) is 0 Å². The van der Waals surface area contributed by atoms with Crippen molar-refractivity contribution in [2.45, 2.75) is 58.7 Å². The molecule has 1 aromatic rings. The molecule has 0 saturated heterocycles. The van der Waals surface area contributed by atoms with Crippen LogP contribution >= 0.6 is 0 Å². The Morgan fingerprint density at radius 2 is 2.11 bits per heavy atom. The third kappa shape index (κ3) is 3.45. The standard InChI is InChI=1S/C15H24N2O/c1-12(2)11-17-9-5-6-13(15(17)18)10-16-14-7-3-4-8-14/h5-6,9,12,14,16H,3-4,7-8,10-11H2,1-2H3. The summed E-state index contributed by atoms with van der Waals surface area (Å²) in [7, 11) is 0. The molecule has 0 spiro atoms. The Morgan fingerprint density at radius 1 is 1.39 bits per heavy atom. The van der Waals surface area contributed by atoms with Crippen LogP contribution in [0.1, 0.15) is 45.1 Å². The molecule has 0 aliphatic heterocycles. The van der Waals surface area contributed by atoms with Gasteiger partial charge in [-0.25, -0.2) is 0 Å². The van der Waals surface area contributed by atoms with E-state index in [1.807, 2.05) is 22.9 Å². The second kappa shape index (κ2) is 6.19. The number of rotatable bonds is 5. The van der Waals surface area contributed by atoms with Gasteiger partial charge in [-0.3, -0.25) is 4.79 Å². The Bertz CT molecular complexity index is 430. The smallest absolute Gasteiger partial charge is 0.255 e. The molecule has 1 N–H and O–H groups in total. The predicted octanol–water partition coefficient (Wildman–Crippen LogP) is 2.54. The second-order valence-electron chi connectivity index (χ2n) is 5.75. The van der Waals surface area contributed by atoms with Crippen LogP contribution in [0.3, 0.4) is 0 Å². The minimum atomic E-state index is 0.164. The van der Waals surface area contributed by atoms with E-state index in [1.54, 1.807) is 0 Å². The quantitative estimate of drug-likeness (QED) is 0.869. The van der Waals surface area contributed by atoms with Crippen LogP contribution < -0.4 is 10.9 Å². The molecule has 1 aliphatic carbocycles. The lowest BCUT2D eigenvalue weighted by atomic mass is 10.2. The van der Waals surface area contributed by atoms with Gasteiger partial charge in [0.25, 0.3) is 5.56 Å². The Labute approximate surface area is 109 Å². The molecular weight excluding hydrogens is 224 g/mol. The topological polar surface area (TPSA) is 34.0 Å². The highest BCUT2D eigenvalue weighted by molar-refractivity contribution is 5.10. The lowest BCUT2D eigenvalue weighted by Gasteiger charge is -2.13. The van der Waals surface area contributed by atoms with Gasteiger partial charge < -0.3 is 9.88 Å². The van der Waals surface area contributed by atoms with Crippen LogP contribution in [0.25, 0.3) is 0 Å². The molecule has 0 aromatic carbocycles. The normalized spacial score (nSPS) is 16.6. The highest BCUT2D eigenvalue weighted by Gasteiger charge is 2.14. The number of hydrogen-bond acceptors (Lipinski definition) is 2. The zero-order chi connectivity index (χ0) is 13.0. The van der Waals surface area contributed by atoms with Gasteiger partial charge in [0.05, 0.1) is 0 Å². The van der Waals surface area contributed by atoms with Crippen molar-refractivity contribution >= 4 is 0 Å². The molecule has 3 heteroatoms. The predicted molar refractivity (Wildman–Crippen MR) is 74.6 cm³/mol. The molecule has 0 atom stereocenters. The first-order valence-electron chi connectivity index (χ1n) is 7.08. The summed E-state index contributed by atoms with van der Waals surface area (Å²) in [5.41, 5.74) is 1.06. The van der Waals surface area contributed by atoms with E-state index in [-0.39, 0.29) is 5.56 Å². The number of pyridine rings is 1. The molecule has 1 fully saturated rings. The summed E-state index contributed by atoms with van der Waals surface area (Å²) in [6, 6.07) is 4.54. The fraction of sp³-hybridized carbons (Fsp3) is 0.667. The molecule has 0 radical (unpaired) electrons. The van der Waals surface area contributed by atoms with Crippen molar-refractivity contribution < 1.29 is 0 Å². The summed E-state index contributed by atoms with van der Waals surface area (Å²) >= 11 is 0. The average molecular weight is 248 g/mol. The van der Waals surface area contributed by atoms with E-state index in [2.05, 4.69) is 19.2 Å². The summed E-state index contributed by atoms with van der Waals surface area (Å²) in [4.78, 5) is 12.2. The van der Waals surface area contributed by atoms with Crippen LogP contribution in [-0.2, 0) is 13.1 Å². The average Bonchev–Trinajstić information content (AvgIpc) is 2.83. The molecule has 3 nitrogen and oxygen atoms in total. The molecule has 1 aromatic heterocycles. The summed E-state index contributed by atoms with van der Waals surface area (Å²) in [6.45, 7) is 5.78. The molecule has 100 valence electrons. The first-order valence-corrected chi connectivity index (χ1v) is 7.08. The maximum absolute atomic E-state index is 12.2. The third-order valence-corrected chi connectivity index (χ3v) is 3.60. The largest absolute Gasteiger partial charge is 0.315 e. The van der Waals surface area contributed by atoms with Gasteiger partial charge in [-0.15, -0.1) is 0 Å². The molecule has 1 aliphatic rings. The van der Waals surface area contributed by atoms with E-state index in [9.17, 15) is 4.79 Å². The Hall–Kier alpha value is -1.09. The van der Waals surface area contributed by atoms with Crippen LogP contribution in [0.4, 0.5) is 0 Å². The van der Waals surface area contributed by atoms with Crippen molar-refractivity contribution in [3.05, 3.63) is 34.2 Å². The van der Waals surface area contributed by atoms with Gasteiger partial charge >= 0.3 is 0 Å². The zero-order valence-corrected chi connectivity index (χ0v) is 11.5. The Kier molecular flexibility index (Phi) is 4.59. The highest BCUT2D eigenvalue weighted by Crippen LogP contribution is 2.17. The number of nitrogens with zero attached hydrogens (tertiary/aromatic N) is 1. The van der Waals surface area contributed by atoms with E-state index >= 15 is 0 Å². The van der Waals surface area contributed by atoms with Crippen LogP contribution in [0, 0.1) is 5.92 Å². The molecule has 2 rings (SSSR count). The molecule has 0 amide bonds. The molecule has 0 bridgehead atoms. The van der Waals surface area contributed by atoms with E-state index in [1.165, 1.54) is 25.7 Å². The van der Waals surface area contributed by atoms with Gasteiger partial charge in [0, 0.05) is 30.9 Å².